The molecule has 114 valence electrons. The maximum atomic E-state index is 5.54. The van der Waals surface area contributed by atoms with Crippen molar-refractivity contribution in [2.24, 2.45) is 0 Å². The lowest BCUT2D eigenvalue weighted by Gasteiger charge is -2.15. The second-order valence-electron chi connectivity index (χ2n) is 5.09. The summed E-state index contributed by atoms with van der Waals surface area (Å²) in [7, 11) is 0. The van der Waals surface area contributed by atoms with E-state index in [1.807, 2.05) is 20.8 Å². The molecule has 5 nitrogen and oxygen atoms in total. The summed E-state index contributed by atoms with van der Waals surface area (Å²) >= 11 is 0. The molecule has 0 spiro atoms. The Balaban J connectivity index is 2.76. The average molecular weight is 280 g/mol. The van der Waals surface area contributed by atoms with Crippen molar-refractivity contribution in [3.63, 3.8) is 0 Å². The Morgan fingerprint density at radius 2 is 1.75 bits per heavy atom. The van der Waals surface area contributed by atoms with Gasteiger partial charge < -0.3 is 15.4 Å². The number of aromatic nitrogens is 2. The topological polar surface area (TPSA) is 59.1 Å². The van der Waals surface area contributed by atoms with Gasteiger partial charge in [0.2, 0.25) is 0 Å². The maximum absolute atomic E-state index is 5.54. The van der Waals surface area contributed by atoms with Crippen molar-refractivity contribution in [3.05, 3.63) is 11.4 Å². The Labute approximate surface area is 122 Å². The minimum atomic E-state index is 0.260. The first kappa shape index (κ1) is 16.7. The minimum Gasteiger partial charge on any atom is -0.377 e. The van der Waals surface area contributed by atoms with Crippen molar-refractivity contribution in [1.29, 1.82) is 0 Å². The highest BCUT2D eigenvalue weighted by atomic mass is 16.5. The molecule has 0 aliphatic carbocycles. The van der Waals surface area contributed by atoms with E-state index in [9.17, 15) is 0 Å². The lowest BCUT2D eigenvalue weighted by atomic mass is 10.2. The monoisotopic (exact) mass is 280 g/mol. The Hall–Kier alpha value is -1.36. The zero-order chi connectivity index (χ0) is 15.0. The zero-order valence-electron chi connectivity index (χ0n) is 13.4. The van der Waals surface area contributed by atoms with Crippen LogP contribution in [0.1, 0.15) is 45.5 Å². The molecule has 1 rings (SSSR count). The molecule has 1 aromatic rings. The second-order valence-corrected chi connectivity index (χ2v) is 5.09. The second kappa shape index (κ2) is 8.74. The van der Waals surface area contributed by atoms with Gasteiger partial charge in [-0.2, -0.15) is 0 Å². The molecular weight excluding hydrogens is 252 g/mol. The van der Waals surface area contributed by atoms with Crippen LogP contribution >= 0.6 is 0 Å². The Bertz CT molecular complexity index is 407. The van der Waals surface area contributed by atoms with Crippen LogP contribution < -0.4 is 10.6 Å². The summed E-state index contributed by atoms with van der Waals surface area (Å²) < 4.78 is 5.54. The molecule has 0 aliphatic heterocycles. The standard InChI is InChI=1S/C15H28N4O/c1-6-8-13-18-14(16-7-2)12(5)15(19-13)17-9-10-20-11(3)4/h11H,6-10H2,1-5H3,(H2,16,17,18,19). The van der Waals surface area contributed by atoms with E-state index in [1.165, 1.54) is 0 Å². The number of nitrogens with one attached hydrogen (secondary N) is 2. The molecule has 5 heteroatoms. The highest BCUT2D eigenvalue weighted by Gasteiger charge is 2.09. The van der Waals surface area contributed by atoms with Crippen molar-refractivity contribution >= 4 is 11.6 Å². The van der Waals surface area contributed by atoms with Crippen LogP contribution in [0.2, 0.25) is 0 Å². The van der Waals surface area contributed by atoms with Crippen molar-refractivity contribution in [2.45, 2.75) is 53.6 Å². The first-order chi connectivity index (χ1) is 9.58. The number of nitrogens with zero attached hydrogens (tertiary/aromatic N) is 2. The molecule has 0 unspecified atom stereocenters. The predicted molar refractivity (Wildman–Crippen MR) is 84.5 cm³/mol. The first-order valence-corrected chi connectivity index (χ1v) is 7.55. The van der Waals surface area contributed by atoms with Gasteiger partial charge in [-0.1, -0.05) is 6.92 Å². The van der Waals surface area contributed by atoms with Crippen LogP contribution in [-0.2, 0) is 11.2 Å². The van der Waals surface area contributed by atoms with Crippen LogP contribution in [0.15, 0.2) is 0 Å². The summed E-state index contributed by atoms with van der Waals surface area (Å²) in [6.07, 6.45) is 2.21. The molecule has 0 aromatic carbocycles. The third kappa shape index (κ3) is 5.33. The van der Waals surface area contributed by atoms with Crippen molar-refractivity contribution in [3.8, 4) is 0 Å². The van der Waals surface area contributed by atoms with Crippen LogP contribution in [0.5, 0.6) is 0 Å². The third-order valence-electron chi connectivity index (χ3n) is 2.86. The average Bonchev–Trinajstić information content (AvgIpc) is 2.39. The van der Waals surface area contributed by atoms with Gasteiger partial charge in [0.05, 0.1) is 12.7 Å². The van der Waals surface area contributed by atoms with E-state index >= 15 is 0 Å². The summed E-state index contributed by atoms with van der Waals surface area (Å²) in [5, 5.41) is 6.65. The van der Waals surface area contributed by atoms with Crippen LogP contribution in [0.4, 0.5) is 11.6 Å². The summed E-state index contributed by atoms with van der Waals surface area (Å²) in [6, 6.07) is 0. The maximum Gasteiger partial charge on any atom is 0.134 e. The third-order valence-corrected chi connectivity index (χ3v) is 2.86. The highest BCUT2D eigenvalue weighted by Crippen LogP contribution is 2.20. The van der Waals surface area contributed by atoms with Gasteiger partial charge in [0, 0.05) is 25.1 Å². The van der Waals surface area contributed by atoms with Crippen LogP contribution in [0.25, 0.3) is 0 Å². The molecule has 1 heterocycles. The minimum absolute atomic E-state index is 0.260. The molecule has 0 atom stereocenters. The Kier molecular flexibility index (Phi) is 7.30. The van der Waals surface area contributed by atoms with E-state index in [0.29, 0.717) is 6.61 Å². The van der Waals surface area contributed by atoms with Crippen LogP contribution in [0.3, 0.4) is 0 Å². The van der Waals surface area contributed by atoms with Crippen molar-refractivity contribution in [1.82, 2.24) is 9.97 Å². The number of aryl methyl sites for hydroxylation is 1. The van der Waals surface area contributed by atoms with E-state index in [0.717, 1.165) is 49.0 Å². The molecule has 0 saturated carbocycles. The molecule has 20 heavy (non-hydrogen) atoms. The molecule has 1 aromatic heterocycles. The fraction of sp³-hybridized carbons (Fsp3) is 0.733. The fourth-order valence-corrected chi connectivity index (χ4v) is 1.87. The summed E-state index contributed by atoms with van der Waals surface area (Å²) in [5.41, 5.74) is 1.07. The van der Waals surface area contributed by atoms with Gasteiger partial charge in [-0.25, -0.2) is 9.97 Å². The number of anilines is 2. The Morgan fingerprint density at radius 1 is 1.10 bits per heavy atom. The SMILES string of the molecule is CCCc1nc(NCC)c(C)c(NCCOC(C)C)n1. The van der Waals surface area contributed by atoms with Gasteiger partial charge in [-0.05, 0) is 34.1 Å². The molecule has 2 N–H and O–H groups in total. The lowest BCUT2D eigenvalue weighted by molar-refractivity contribution is 0.0870. The lowest BCUT2D eigenvalue weighted by Crippen LogP contribution is -2.16. The first-order valence-electron chi connectivity index (χ1n) is 7.55. The molecule has 0 aliphatic rings. The van der Waals surface area contributed by atoms with Gasteiger partial charge in [-0.3, -0.25) is 0 Å². The van der Waals surface area contributed by atoms with E-state index in [-0.39, 0.29) is 6.10 Å². The zero-order valence-corrected chi connectivity index (χ0v) is 13.4. The fourth-order valence-electron chi connectivity index (χ4n) is 1.87. The molecule has 0 radical (unpaired) electrons. The van der Waals surface area contributed by atoms with E-state index in [2.05, 4.69) is 34.4 Å². The molecule has 0 fully saturated rings. The number of hydrogen-bond donors (Lipinski definition) is 2. The molecule has 0 saturated heterocycles. The number of rotatable bonds is 9. The summed E-state index contributed by atoms with van der Waals surface area (Å²) in [5.74, 6) is 2.73. The summed E-state index contributed by atoms with van der Waals surface area (Å²) in [6.45, 7) is 12.6. The van der Waals surface area contributed by atoms with E-state index < -0.39 is 0 Å². The van der Waals surface area contributed by atoms with Crippen LogP contribution in [-0.4, -0.2) is 35.8 Å². The molecule has 0 bridgehead atoms. The number of hydrogen-bond acceptors (Lipinski definition) is 5. The van der Waals surface area contributed by atoms with Crippen LogP contribution in [0, 0.1) is 6.92 Å². The van der Waals surface area contributed by atoms with E-state index in [4.69, 9.17) is 4.74 Å². The van der Waals surface area contributed by atoms with Gasteiger partial charge >= 0.3 is 0 Å². The largest absolute Gasteiger partial charge is 0.377 e. The normalized spacial score (nSPS) is 10.9. The summed E-state index contributed by atoms with van der Waals surface area (Å²) in [4.78, 5) is 9.18. The predicted octanol–water partition coefficient (Wildman–Crippen LogP) is 3.01. The van der Waals surface area contributed by atoms with Crippen molar-refractivity contribution in [2.75, 3.05) is 30.3 Å². The van der Waals surface area contributed by atoms with E-state index in [1.54, 1.807) is 0 Å². The van der Waals surface area contributed by atoms with Crippen molar-refractivity contribution < 1.29 is 4.74 Å². The van der Waals surface area contributed by atoms with Gasteiger partial charge in [0.1, 0.15) is 17.5 Å². The van der Waals surface area contributed by atoms with Gasteiger partial charge in [-0.15, -0.1) is 0 Å². The Morgan fingerprint density at radius 3 is 2.30 bits per heavy atom. The van der Waals surface area contributed by atoms with Gasteiger partial charge in [0.15, 0.2) is 0 Å². The number of ether oxygens (including phenoxy) is 1. The molecular formula is C15H28N4O. The molecule has 0 amide bonds. The smallest absolute Gasteiger partial charge is 0.134 e. The van der Waals surface area contributed by atoms with Gasteiger partial charge in [0.25, 0.3) is 0 Å². The quantitative estimate of drug-likeness (QED) is 0.681. The highest BCUT2D eigenvalue weighted by molar-refractivity contribution is 5.57.